The highest BCUT2D eigenvalue weighted by molar-refractivity contribution is 5.87. The minimum Gasteiger partial charge on any atom is -0.507 e. The van der Waals surface area contributed by atoms with Crippen LogP contribution >= 0.6 is 0 Å². The van der Waals surface area contributed by atoms with Gasteiger partial charge in [-0.25, -0.2) is 4.79 Å². The van der Waals surface area contributed by atoms with E-state index in [4.69, 9.17) is 13.9 Å². The molecule has 3 aromatic rings. The Balaban J connectivity index is 1.79. The van der Waals surface area contributed by atoms with Gasteiger partial charge in [0.1, 0.15) is 22.8 Å². The molecule has 1 aromatic heterocycles. The number of hydrogen-bond donors (Lipinski definition) is 1. The highest BCUT2D eigenvalue weighted by atomic mass is 16.5. The van der Waals surface area contributed by atoms with Crippen molar-refractivity contribution in [3.8, 4) is 28.4 Å². The summed E-state index contributed by atoms with van der Waals surface area (Å²) in [6, 6.07) is 10.5. The molecule has 30 heavy (non-hydrogen) atoms. The van der Waals surface area contributed by atoms with Gasteiger partial charge in [0.15, 0.2) is 0 Å². The Morgan fingerprint density at radius 2 is 1.83 bits per heavy atom. The number of nitrogens with zero attached hydrogens (tertiary/aromatic N) is 1. The number of aromatic hydroxyl groups is 1. The summed E-state index contributed by atoms with van der Waals surface area (Å²) in [6.07, 6.45) is 2.27. The van der Waals surface area contributed by atoms with Crippen molar-refractivity contribution in [1.29, 1.82) is 0 Å². The lowest BCUT2D eigenvalue weighted by Gasteiger charge is -2.30. The van der Waals surface area contributed by atoms with E-state index in [2.05, 4.69) is 11.8 Å². The minimum absolute atomic E-state index is 0.149. The van der Waals surface area contributed by atoms with Crippen LogP contribution in [0.1, 0.15) is 25.3 Å². The van der Waals surface area contributed by atoms with Gasteiger partial charge in [-0.05, 0) is 68.2 Å². The molecule has 0 unspecified atom stereocenters. The summed E-state index contributed by atoms with van der Waals surface area (Å²) in [6.45, 7) is 4.77. The maximum absolute atomic E-state index is 12.9. The summed E-state index contributed by atoms with van der Waals surface area (Å²) < 4.78 is 16.5. The van der Waals surface area contributed by atoms with E-state index >= 15 is 0 Å². The molecule has 6 heteroatoms. The standard InChI is InChI=1S/C24H27NO5/c1-15-8-10-25(11-9-15)14-20-21(26)6-4-16-12-19(24(27)30-23(16)20)18-13-17(28-2)5-7-22(18)29-3/h4-7,12-13,15,26H,8-11,14H2,1-3H3. The van der Waals surface area contributed by atoms with Crippen molar-refractivity contribution in [2.75, 3.05) is 27.3 Å². The van der Waals surface area contributed by atoms with E-state index in [9.17, 15) is 9.90 Å². The van der Waals surface area contributed by atoms with Crippen LogP contribution in [0.4, 0.5) is 0 Å². The van der Waals surface area contributed by atoms with E-state index in [1.807, 2.05) is 0 Å². The van der Waals surface area contributed by atoms with E-state index in [-0.39, 0.29) is 5.75 Å². The van der Waals surface area contributed by atoms with Crippen LogP contribution in [-0.2, 0) is 6.54 Å². The molecular weight excluding hydrogens is 382 g/mol. The Labute approximate surface area is 175 Å². The summed E-state index contributed by atoms with van der Waals surface area (Å²) in [5.41, 5.74) is 1.61. The van der Waals surface area contributed by atoms with Crippen molar-refractivity contribution < 1.29 is 19.0 Å². The normalized spacial score (nSPS) is 15.4. The van der Waals surface area contributed by atoms with Gasteiger partial charge in [0.2, 0.25) is 0 Å². The highest BCUT2D eigenvalue weighted by Crippen LogP contribution is 2.35. The number of phenolic OH excluding ortho intramolecular Hbond substituents is 1. The lowest BCUT2D eigenvalue weighted by Crippen LogP contribution is -2.32. The molecule has 1 N–H and O–H groups in total. The van der Waals surface area contributed by atoms with Gasteiger partial charge >= 0.3 is 5.63 Å². The van der Waals surface area contributed by atoms with Gasteiger partial charge < -0.3 is 19.0 Å². The molecule has 0 bridgehead atoms. The molecule has 6 nitrogen and oxygen atoms in total. The molecule has 4 rings (SSSR count). The summed E-state index contributed by atoms with van der Waals surface area (Å²) >= 11 is 0. The summed E-state index contributed by atoms with van der Waals surface area (Å²) in [4.78, 5) is 15.2. The minimum atomic E-state index is -0.479. The van der Waals surface area contributed by atoms with E-state index in [0.717, 1.165) is 37.2 Å². The predicted molar refractivity (Wildman–Crippen MR) is 116 cm³/mol. The van der Waals surface area contributed by atoms with E-state index in [0.29, 0.717) is 40.3 Å². The van der Waals surface area contributed by atoms with Crippen LogP contribution in [0.2, 0.25) is 0 Å². The molecule has 1 fully saturated rings. The largest absolute Gasteiger partial charge is 0.507 e. The fourth-order valence-electron chi connectivity index (χ4n) is 4.04. The summed E-state index contributed by atoms with van der Waals surface area (Å²) in [7, 11) is 3.13. The van der Waals surface area contributed by atoms with Gasteiger partial charge in [-0.2, -0.15) is 0 Å². The van der Waals surface area contributed by atoms with Crippen LogP contribution < -0.4 is 15.1 Å². The Morgan fingerprint density at radius 3 is 2.53 bits per heavy atom. The van der Waals surface area contributed by atoms with Crippen LogP contribution in [0, 0.1) is 5.92 Å². The van der Waals surface area contributed by atoms with Crippen LogP contribution in [0.25, 0.3) is 22.1 Å². The number of ether oxygens (including phenoxy) is 2. The fraction of sp³-hybridized carbons (Fsp3) is 0.375. The first kappa shape index (κ1) is 20.3. The molecule has 1 saturated heterocycles. The smallest absolute Gasteiger partial charge is 0.344 e. The van der Waals surface area contributed by atoms with Crippen molar-refractivity contribution in [3.05, 3.63) is 52.4 Å². The van der Waals surface area contributed by atoms with Crippen LogP contribution in [0.15, 0.2) is 45.6 Å². The number of piperidine rings is 1. The first-order chi connectivity index (χ1) is 14.5. The average Bonchev–Trinajstić information content (AvgIpc) is 2.76. The summed E-state index contributed by atoms with van der Waals surface area (Å²) in [5, 5.41) is 11.3. The van der Waals surface area contributed by atoms with Gasteiger partial charge in [-0.3, -0.25) is 4.90 Å². The quantitative estimate of drug-likeness (QED) is 0.629. The Kier molecular flexibility index (Phi) is 5.68. The third-order valence-electron chi connectivity index (χ3n) is 5.94. The lowest BCUT2D eigenvalue weighted by molar-refractivity contribution is 0.183. The maximum atomic E-state index is 12.9. The third-order valence-corrected chi connectivity index (χ3v) is 5.94. The number of benzene rings is 2. The number of fused-ring (bicyclic) bond motifs is 1. The molecule has 0 spiro atoms. The molecule has 1 aliphatic heterocycles. The van der Waals surface area contributed by atoms with Crippen molar-refractivity contribution in [2.45, 2.75) is 26.3 Å². The Morgan fingerprint density at radius 1 is 1.07 bits per heavy atom. The first-order valence-electron chi connectivity index (χ1n) is 10.2. The average molecular weight is 409 g/mol. The topological polar surface area (TPSA) is 72.1 Å². The third kappa shape index (κ3) is 3.87. The molecule has 0 saturated carbocycles. The monoisotopic (exact) mass is 409 g/mol. The highest BCUT2D eigenvalue weighted by Gasteiger charge is 2.21. The zero-order valence-corrected chi connectivity index (χ0v) is 17.6. The molecule has 2 aromatic carbocycles. The SMILES string of the molecule is COc1ccc(OC)c(-c2cc3ccc(O)c(CN4CCC(C)CC4)c3oc2=O)c1. The van der Waals surface area contributed by atoms with Crippen molar-refractivity contribution in [3.63, 3.8) is 0 Å². The van der Waals surface area contributed by atoms with Gasteiger partial charge in [-0.15, -0.1) is 0 Å². The van der Waals surface area contributed by atoms with E-state index in [1.54, 1.807) is 50.6 Å². The second kappa shape index (κ2) is 8.40. The molecule has 1 aliphatic rings. The molecule has 0 aliphatic carbocycles. The zero-order valence-electron chi connectivity index (χ0n) is 17.6. The Hall–Kier alpha value is -2.99. The number of hydrogen-bond acceptors (Lipinski definition) is 6. The maximum Gasteiger partial charge on any atom is 0.344 e. The Bertz CT molecular complexity index is 1110. The number of rotatable bonds is 5. The lowest BCUT2D eigenvalue weighted by atomic mass is 9.98. The van der Waals surface area contributed by atoms with Gasteiger partial charge in [0.25, 0.3) is 0 Å². The van der Waals surface area contributed by atoms with E-state index < -0.39 is 5.63 Å². The second-order valence-electron chi connectivity index (χ2n) is 7.95. The van der Waals surface area contributed by atoms with Crippen LogP contribution in [0.5, 0.6) is 17.2 Å². The molecule has 0 atom stereocenters. The van der Waals surface area contributed by atoms with Gasteiger partial charge in [0, 0.05) is 17.5 Å². The van der Waals surface area contributed by atoms with Crippen molar-refractivity contribution in [2.24, 2.45) is 5.92 Å². The molecule has 2 heterocycles. The van der Waals surface area contributed by atoms with Crippen LogP contribution in [0.3, 0.4) is 0 Å². The summed E-state index contributed by atoms with van der Waals surface area (Å²) in [5.74, 6) is 2.05. The van der Waals surface area contributed by atoms with Gasteiger partial charge in [0.05, 0.1) is 25.3 Å². The molecule has 0 radical (unpaired) electrons. The fourth-order valence-corrected chi connectivity index (χ4v) is 4.04. The molecule has 158 valence electrons. The second-order valence-corrected chi connectivity index (χ2v) is 7.95. The number of phenols is 1. The van der Waals surface area contributed by atoms with Gasteiger partial charge in [-0.1, -0.05) is 6.92 Å². The first-order valence-corrected chi connectivity index (χ1v) is 10.2. The zero-order chi connectivity index (χ0) is 21.3. The van der Waals surface area contributed by atoms with Crippen molar-refractivity contribution in [1.82, 2.24) is 4.90 Å². The van der Waals surface area contributed by atoms with Crippen molar-refractivity contribution >= 4 is 11.0 Å². The van der Waals surface area contributed by atoms with Crippen LogP contribution in [-0.4, -0.2) is 37.3 Å². The number of methoxy groups -OCH3 is 2. The molecular formula is C24H27NO5. The number of likely N-dealkylation sites (tertiary alicyclic amines) is 1. The van der Waals surface area contributed by atoms with E-state index in [1.165, 1.54) is 0 Å². The molecule has 0 amide bonds. The predicted octanol–water partition coefficient (Wildman–Crippen LogP) is 4.41.